The number of halogens is 1. The van der Waals surface area contributed by atoms with Crippen molar-refractivity contribution >= 4 is 55.5 Å². The Morgan fingerprint density at radius 2 is 0.452 bits per heavy atom. The molecule has 0 unspecified atom stereocenters. The molecule has 0 saturated carbocycles. The smallest absolute Gasteiger partial charge is 0.0346 e. The summed E-state index contributed by atoms with van der Waals surface area (Å²) in [6.45, 7) is 0. The van der Waals surface area contributed by atoms with Crippen LogP contribution in [0.4, 0.5) is 0 Å². The molecule has 0 radical (unpaired) electrons. The van der Waals surface area contributed by atoms with Gasteiger partial charge in [0, 0.05) is 66.6 Å². The van der Waals surface area contributed by atoms with Crippen LogP contribution in [0.25, 0.3) is 43.1 Å². The molecular formula is C36H29ClFeN4. The van der Waals surface area contributed by atoms with E-state index in [1.807, 2.05) is 122 Å². The van der Waals surface area contributed by atoms with Gasteiger partial charge < -0.3 is 0 Å². The number of rotatable bonds is 0. The Kier molecular flexibility index (Phi) is 13.1. The summed E-state index contributed by atoms with van der Waals surface area (Å²) in [5.74, 6) is 0. The molecule has 0 aliphatic rings. The van der Waals surface area contributed by atoms with Crippen molar-refractivity contribution in [1.29, 1.82) is 0 Å². The van der Waals surface area contributed by atoms with E-state index in [-0.39, 0.29) is 29.5 Å². The zero-order valence-electron chi connectivity index (χ0n) is 22.7. The second kappa shape index (κ2) is 17.2. The molecule has 8 rings (SSSR count). The van der Waals surface area contributed by atoms with Gasteiger partial charge in [-0.15, -0.1) is 12.4 Å². The number of pyridine rings is 4. The van der Waals surface area contributed by atoms with E-state index in [4.69, 9.17) is 0 Å². The molecule has 4 aromatic heterocycles. The van der Waals surface area contributed by atoms with Crippen LogP contribution < -0.4 is 0 Å². The molecule has 0 bridgehead atoms. The van der Waals surface area contributed by atoms with E-state index in [1.54, 1.807) is 0 Å². The first kappa shape index (κ1) is 31.9. The summed E-state index contributed by atoms with van der Waals surface area (Å²) in [4.78, 5) is 16.1. The minimum absolute atomic E-state index is 0. The van der Waals surface area contributed by atoms with Gasteiger partial charge in [-0.3, -0.25) is 19.9 Å². The number of hydrogen-bond donors (Lipinski definition) is 0. The van der Waals surface area contributed by atoms with Crippen LogP contribution in [0, 0.1) is 0 Å². The first-order valence-electron chi connectivity index (χ1n) is 13.0. The van der Waals surface area contributed by atoms with Crippen LogP contribution in [0.3, 0.4) is 0 Å². The van der Waals surface area contributed by atoms with Crippen LogP contribution in [0.1, 0.15) is 0 Å². The average molecular weight is 609 g/mol. The predicted octanol–water partition coefficient (Wildman–Crippen LogP) is 9.36. The van der Waals surface area contributed by atoms with Gasteiger partial charge in [-0.25, -0.2) is 0 Å². The number of fused-ring (bicyclic) bond motifs is 4. The molecule has 42 heavy (non-hydrogen) atoms. The molecule has 0 atom stereocenters. The van der Waals surface area contributed by atoms with Crippen molar-refractivity contribution in [1.82, 2.24) is 19.9 Å². The Morgan fingerprint density at radius 1 is 0.262 bits per heavy atom. The maximum atomic E-state index is 4.01. The molecule has 0 amide bonds. The first-order chi connectivity index (χ1) is 19.9. The number of hydrogen-bond acceptors (Lipinski definition) is 4. The average Bonchev–Trinajstić information content (AvgIpc) is 3.06. The third-order valence-electron chi connectivity index (χ3n) is 6.20. The van der Waals surface area contributed by atoms with Gasteiger partial charge in [-0.05, 0) is 67.4 Å². The summed E-state index contributed by atoms with van der Waals surface area (Å²) in [5.41, 5.74) is 0. The maximum absolute atomic E-state index is 4.01. The molecule has 0 spiro atoms. The molecular weight excluding hydrogens is 580 g/mol. The fraction of sp³-hybridized carbons (Fsp3) is 0. The Hall–Kier alpha value is -4.67. The van der Waals surface area contributed by atoms with E-state index >= 15 is 0 Å². The molecule has 0 fully saturated rings. The minimum atomic E-state index is 0. The second-order valence-corrected chi connectivity index (χ2v) is 8.89. The predicted molar refractivity (Wildman–Crippen MR) is 174 cm³/mol. The van der Waals surface area contributed by atoms with Crippen LogP contribution in [-0.2, 0) is 17.1 Å². The van der Waals surface area contributed by atoms with Gasteiger partial charge in [0.05, 0.1) is 0 Å². The van der Waals surface area contributed by atoms with Gasteiger partial charge in [0.15, 0.2) is 0 Å². The first-order valence-corrected chi connectivity index (χ1v) is 13.0. The number of benzene rings is 4. The molecule has 8 aromatic rings. The Balaban J connectivity index is 0.000000151. The monoisotopic (exact) mass is 608 g/mol. The molecule has 0 aliphatic carbocycles. The largest absolute Gasteiger partial charge is 0.264 e. The molecule has 0 saturated heterocycles. The normalized spacial score (nSPS) is 9.52. The summed E-state index contributed by atoms with van der Waals surface area (Å²) < 4.78 is 0. The summed E-state index contributed by atoms with van der Waals surface area (Å²) in [6.07, 6.45) is 14.7. The quantitative estimate of drug-likeness (QED) is 0.161. The van der Waals surface area contributed by atoms with Crippen LogP contribution in [-0.4, -0.2) is 19.9 Å². The van der Waals surface area contributed by atoms with Crippen molar-refractivity contribution in [3.05, 3.63) is 171 Å². The Labute approximate surface area is 262 Å². The van der Waals surface area contributed by atoms with Crippen LogP contribution in [0.15, 0.2) is 171 Å². The molecule has 4 aromatic carbocycles. The molecule has 0 N–H and O–H groups in total. The van der Waals surface area contributed by atoms with Gasteiger partial charge in [-0.1, -0.05) is 97.1 Å². The van der Waals surface area contributed by atoms with E-state index in [0.717, 1.165) is 0 Å². The van der Waals surface area contributed by atoms with Gasteiger partial charge in [0.1, 0.15) is 0 Å². The van der Waals surface area contributed by atoms with E-state index in [0.29, 0.717) is 0 Å². The summed E-state index contributed by atoms with van der Waals surface area (Å²) in [7, 11) is 0. The minimum Gasteiger partial charge on any atom is -0.264 e. The van der Waals surface area contributed by atoms with Crippen LogP contribution in [0.2, 0.25) is 0 Å². The molecule has 4 heterocycles. The van der Waals surface area contributed by atoms with E-state index in [1.165, 1.54) is 43.1 Å². The van der Waals surface area contributed by atoms with E-state index < -0.39 is 0 Å². The summed E-state index contributed by atoms with van der Waals surface area (Å²) in [6, 6.07) is 40.8. The van der Waals surface area contributed by atoms with Crippen molar-refractivity contribution in [3.63, 3.8) is 0 Å². The van der Waals surface area contributed by atoms with Crippen molar-refractivity contribution in [2.24, 2.45) is 0 Å². The van der Waals surface area contributed by atoms with Crippen LogP contribution in [0.5, 0.6) is 0 Å². The summed E-state index contributed by atoms with van der Waals surface area (Å²) >= 11 is 0. The van der Waals surface area contributed by atoms with E-state index in [9.17, 15) is 0 Å². The molecule has 208 valence electrons. The topological polar surface area (TPSA) is 51.6 Å². The second-order valence-electron chi connectivity index (χ2n) is 8.89. The molecule has 4 nitrogen and oxygen atoms in total. The Bertz CT molecular complexity index is 1400. The fourth-order valence-electron chi connectivity index (χ4n) is 4.11. The van der Waals surface area contributed by atoms with Crippen LogP contribution >= 0.6 is 12.4 Å². The van der Waals surface area contributed by atoms with Crippen molar-refractivity contribution in [2.75, 3.05) is 0 Å². The SMILES string of the molecule is Cl.[Fe].c1ccc2cnccc2c1.c1ccc2cnccc2c1.c1ccc2cnccc2c1.c1ccc2cnccc2c1. The number of nitrogens with zero attached hydrogens (tertiary/aromatic N) is 4. The fourth-order valence-corrected chi connectivity index (χ4v) is 4.11. The third kappa shape index (κ3) is 9.18. The Morgan fingerprint density at radius 3 is 0.643 bits per heavy atom. The standard InChI is InChI=1S/4C9H7N.ClH.Fe/c4*1-2-4-9-7-10-6-5-8(9)3-1;;/h4*1-7H;1H;. The van der Waals surface area contributed by atoms with E-state index in [2.05, 4.69) is 68.5 Å². The van der Waals surface area contributed by atoms with Gasteiger partial charge in [-0.2, -0.15) is 0 Å². The zero-order valence-corrected chi connectivity index (χ0v) is 24.6. The van der Waals surface area contributed by atoms with Crippen molar-refractivity contribution < 1.29 is 17.1 Å². The molecule has 6 heteroatoms. The molecule has 0 aliphatic heterocycles. The maximum Gasteiger partial charge on any atom is 0.0346 e. The zero-order chi connectivity index (χ0) is 27.2. The van der Waals surface area contributed by atoms with Gasteiger partial charge in [0.2, 0.25) is 0 Å². The van der Waals surface area contributed by atoms with Gasteiger partial charge in [0.25, 0.3) is 0 Å². The van der Waals surface area contributed by atoms with Crippen molar-refractivity contribution in [3.8, 4) is 0 Å². The van der Waals surface area contributed by atoms with Crippen molar-refractivity contribution in [2.45, 2.75) is 0 Å². The number of aromatic nitrogens is 4. The van der Waals surface area contributed by atoms with Gasteiger partial charge >= 0.3 is 0 Å². The summed E-state index contributed by atoms with van der Waals surface area (Å²) in [5, 5.41) is 9.79. The third-order valence-corrected chi connectivity index (χ3v) is 6.20.